The summed E-state index contributed by atoms with van der Waals surface area (Å²) in [5.41, 5.74) is 0. The fraction of sp³-hybridized carbons (Fsp3) is 0.400. The fourth-order valence-corrected chi connectivity index (χ4v) is 0.868. The molecule has 1 saturated heterocycles. The summed E-state index contributed by atoms with van der Waals surface area (Å²) in [5, 5.41) is 8.63. The van der Waals surface area contributed by atoms with E-state index < -0.39 is 0 Å². The molecule has 1 aromatic carbocycles. The third-order valence-electron chi connectivity index (χ3n) is 1.50. The molecule has 0 unspecified atom stereocenters. The number of ether oxygens (including phenoxy) is 2. The molecule has 0 saturated carbocycles. The number of rotatable bonds is 0. The first-order valence-corrected chi connectivity index (χ1v) is 4.29. The zero-order chi connectivity index (χ0) is 9.36. The van der Waals surface area contributed by atoms with E-state index in [2.05, 4.69) is 0 Å². The van der Waals surface area contributed by atoms with E-state index in [0.717, 1.165) is 19.6 Å². The van der Waals surface area contributed by atoms with Crippen LogP contribution >= 0.6 is 0 Å². The van der Waals surface area contributed by atoms with Crippen molar-refractivity contribution in [3.8, 4) is 5.75 Å². The maximum atomic E-state index is 8.63. The van der Waals surface area contributed by atoms with Crippen molar-refractivity contribution >= 4 is 0 Å². The Morgan fingerprint density at radius 1 is 1.00 bits per heavy atom. The lowest BCUT2D eigenvalue weighted by atomic mass is 10.3. The predicted molar refractivity (Wildman–Crippen MR) is 49.5 cm³/mol. The highest BCUT2D eigenvalue weighted by molar-refractivity contribution is 5.18. The normalized spacial score (nSPS) is 15.7. The average Bonchev–Trinajstić information content (AvgIpc) is 2.22. The highest BCUT2D eigenvalue weighted by Gasteiger charge is 1.94. The molecule has 0 spiro atoms. The Kier molecular flexibility index (Phi) is 4.98. The molecule has 13 heavy (non-hydrogen) atoms. The van der Waals surface area contributed by atoms with Crippen molar-refractivity contribution in [3.63, 3.8) is 0 Å². The van der Waals surface area contributed by atoms with Gasteiger partial charge in [-0.05, 0) is 18.6 Å². The lowest BCUT2D eigenvalue weighted by Crippen LogP contribution is -2.11. The van der Waals surface area contributed by atoms with E-state index in [1.807, 2.05) is 6.07 Å². The quantitative estimate of drug-likeness (QED) is 0.664. The van der Waals surface area contributed by atoms with Crippen molar-refractivity contribution in [3.05, 3.63) is 30.3 Å². The predicted octanol–water partition coefficient (Wildman–Crippen LogP) is 1.77. The highest BCUT2D eigenvalue weighted by atomic mass is 16.7. The lowest BCUT2D eigenvalue weighted by molar-refractivity contribution is -0.0963. The molecule has 72 valence electrons. The number of hydrogen-bond acceptors (Lipinski definition) is 3. The Labute approximate surface area is 77.9 Å². The molecule has 3 nitrogen and oxygen atoms in total. The van der Waals surface area contributed by atoms with E-state index in [1.54, 1.807) is 24.3 Å². The topological polar surface area (TPSA) is 38.7 Å². The molecule has 0 aliphatic carbocycles. The summed E-state index contributed by atoms with van der Waals surface area (Å²) in [7, 11) is 0. The second-order valence-corrected chi connectivity index (χ2v) is 2.62. The number of phenolic OH excluding ortho intramolecular Hbond substituents is 1. The van der Waals surface area contributed by atoms with Crippen molar-refractivity contribution in [2.24, 2.45) is 0 Å². The molecule has 1 aliphatic heterocycles. The van der Waals surface area contributed by atoms with Gasteiger partial charge in [0, 0.05) is 0 Å². The third kappa shape index (κ3) is 5.22. The summed E-state index contributed by atoms with van der Waals surface area (Å²) in [4.78, 5) is 0. The van der Waals surface area contributed by atoms with Crippen LogP contribution in [-0.4, -0.2) is 25.1 Å². The van der Waals surface area contributed by atoms with E-state index in [4.69, 9.17) is 14.6 Å². The number of hydrogen-bond donors (Lipinski definition) is 1. The molecule has 2 rings (SSSR count). The van der Waals surface area contributed by atoms with Crippen LogP contribution in [0.2, 0.25) is 0 Å². The van der Waals surface area contributed by atoms with Gasteiger partial charge in [-0.3, -0.25) is 0 Å². The van der Waals surface area contributed by atoms with Gasteiger partial charge in [-0.25, -0.2) is 0 Å². The van der Waals surface area contributed by atoms with E-state index in [9.17, 15) is 0 Å². The van der Waals surface area contributed by atoms with Gasteiger partial charge < -0.3 is 14.6 Å². The SMILES string of the molecule is C1COCOC1.Oc1ccccc1. The van der Waals surface area contributed by atoms with Crippen LogP contribution < -0.4 is 0 Å². The molecular formula is C10H14O3. The summed E-state index contributed by atoms with van der Waals surface area (Å²) in [6, 6.07) is 8.71. The summed E-state index contributed by atoms with van der Waals surface area (Å²) < 4.78 is 9.69. The summed E-state index contributed by atoms with van der Waals surface area (Å²) in [6.07, 6.45) is 1.06. The molecule has 0 bridgehead atoms. The zero-order valence-electron chi connectivity index (χ0n) is 7.48. The number of phenols is 1. The minimum absolute atomic E-state index is 0.322. The maximum absolute atomic E-state index is 8.63. The lowest BCUT2D eigenvalue weighted by Gasteiger charge is -2.09. The number of benzene rings is 1. The first kappa shape index (κ1) is 10.0. The van der Waals surface area contributed by atoms with Gasteiger partial charge in [0.15, 0.2) is 0 Å². The van der Waals surface area contributed by atoms with Crippen molar-refractivity contribution in [2.75, 3.05) is 20.0 Å². The minimum atomic E-state index is 0.322. The number of aromatic hydroxyl groups is 1. The van der Waals surface area contributed by atoms with Crippen molar-refractivity contribution in [1.29, 1.82) is 0 Å². The smallest absolute Gasteiger partial charge is 0.146 e. The molecule has 0 radical (unpaired) electrons. The molecule has 0 atom stereocenters. The van der Waals surface area contributed by atoms with Crippen molar-refractivity contribution in [1.82, 2.24) is 0 Å². The van der Waals surface area contributed by atoms with Gasteiger partial charge in [0.05, 0.1) is 13.2 Å². The average molecular weight is 182 g/mol. The first-order valence-electron chi connectivity index (χ1n) is 4.29. The third-order valence-corrected chi connectivity index (χ3v) is 1.50. The second kappa shape index (κ2) is 6.46. The van der Waals surface area contributed by atoms with Crippen LogP contribution in [-0.2, 0) is 9.47 Å². The largest absolute Gasteiger partial charge is 0.508 e. The molecule has 1 fully saturated rings. The van der Waals surface area contributed by atoms with Gasteiger partial charge in [-0.2, -0.15) is 0 Å². The van der Waals surface area contributed by atoms with E-state index in [1.165, 1.54) is 0 Å². The highest BCUT2D eigenvalue weighted by Crippen LogP contribution is 2.02. The van der Waals surface area contributed by atoms with Gasteiger partial charge in [-0.1, -0.05) is 18.2 Å². The Hall–Kier alpha value is -1.06. The van der Waals surface area contributed by atoms with Crippen LogP contribution in [0.5, 0.6) is 5.75 Å². The van der Waals surface area contributed by atoms with Crippen molar-refractivity contribution in [2.45, 2.75) is 6.42 Å². The van der Waals surface area contributed by atoms with Crippen LogP contribution in [0.15, 0.2) is 30.3 Å². The molecule has 1 N–H and O–H groups in total. The van der Waals surface area contributed by atoms with Crippen LogP contribution in [0.1, 0.15) is 6.42 Å². The maximum Gasteiger partial charge on any atom is 0.146 e. The molecule has 1 heterocycles. The molecule has 0 aromatic heterocycles. The Balaban J connectivity index is 0.000000132. The van der Waals surface area contributed by atoms with Crippen LogP contribution in [0.25, 0.3) is 0 Å². The molecule has 1 aliphatic rings. The summed E-state index contributed by atoms with van der Waals surface area (Å²) in [5.74, 6) is 0.322. The van der Waals surface area contributed by atoms with E-state index >= 15 is 0 Å². The fourth-order valence-electron chi connectivity index (χ4n) is 0.868. The van der Waals surface area contributed by atoms with Gasteiger partial charge in [0.1, 0.15) is 12.5 Å². The summed E-state index contributed by atoms with van der Waals surface area (Å²) in [6.45, 7) is 2.25. The Bertz CT molecular complexity index is 195. The first-order chi connectivity index (χ1) is 6.39. The molecule has 0 amide bonds. The van der Waals surface area contributed by atoms with Gasteiger partial charge in [0.25, 0.3) is 0 Å². The Morgan fingerprint density at radius 3 is 1.85 bits per heavy atom. The summed E-state index contributed by atoms with van der Waals surface area (Å²) >= 11 is 0. The zero-order valence-corrected chi connectivity index (χ0v) is 7.48. The van der Waals surface area contributed by atoms with Crippen LogP contribution in [0.4, 0.5) is 0 Å². The monoisotopic (exact) mass is 182 g/mol. The molecule has 1 aromatic rings. The molecule has 3 heteroatoms. The minimum Gasteiger partial charge on any atom is -0.508 e. The van der Waals surface area contributed by atoms with Gasteiger partial charge >= 0.3 is 0 Å². The van der Waals surface area contributed by atoms with E-state index in [-0.39, 0.29) is 0 Å². The molecular weight excluding hydrogens is 168 g/mol. The van der Waals surface area contributed by atoms with Gasteiger partial charge in [-0.15, -0.1) is 0 Å². The second-order valence-electron chi connectivity index (χ2n) is 2.62. The standard InChI is InChI=1S/C6H6O.C4H8O2/c7-6-4-2-1-3-5-6;1-2-5-4-6-3-1/h1-5,7H;1-4H2. The van der Waals surface area contributed by atoms with Crippen LogP contribution in [0.3, 0.4) is 0 Å². The van der Waals surface area contributed by atoms with E-state index in [0.29, 0.717) is 12.5 Å². The van der Waals surface area contributed by atoms with Crippen LogP contribution in [0, 0.1) is 0 Å². The number of para-hydroxylation sites is 1. The Morgan fingerprint density at radius 2 is 1.62 bits per heavy atom. The van der Waals surface area contributed by atoms with Gasteiger partial charge in [0.2, 0.25) is 0 Å². The van der Waals surface area contributed by atoms with Crippen molar-refractivity contribution < 1.29 is 14.6 Å².